The van der Waals surface area contributed by atoms with E-state index in [1.165, 1.54) is 12.3 Å². The highest BCUT2D eigenvalue weighted by Crippen LogP contribution is 2.31. The average molecular weight is 613 g/mol. The Balaban J connectivity index is 1.31. The van der Waals surface area contributed by atoms with Crippen LogP contribution in [0.25, 0.3) is 0 Å². The van der Waals surface area contributed by atoms with E-state index in [0.717, 1.165) is 24.3 Å². The molecule has 0 bridgehead atoms. The van der Waals surface area contributed by atoms with E-state index in [4.69, 9.17) is 16.7 Å². The number of sulfonamides is 1. The number of benzene rings is 2. The maximum Gasteiger partial charge on any atom is 0.242 e. The molecule has 0 saturated carbocycles. The molecule has 3 aromatic rings. The predicted octanol–water partition coefficient (Wildman–Crippen LogP) is 2.58. The summed E-state index contributed by atoms with van der Waals surface area (Å²) in [6.07, 6.45) is 3.18. The number of rotatable bonds is 8. The number of fused-ring (bicyclic) bond motifs is 1. The monoisotopic (exact) mass is 612 g/mol. The second kappa shape index (κ2) is 12.6. The molecule has 2 aliphatic rings. The van der Waals surface area contributed by atoms with Crippen molar-refractivity contribution in [3.63, 3.8) is 0 Å². The summed E-state index contributed by atoms with van der Waals surface area (Å²) < 4.78 is 23.9. The number of carbonyl (C=O) groups excluding carboxylic acids is 2. The van der Waals surface area contributed by atoms with Gasteiger partial charge < -0.3 is 25.3 Å². The first-order valence-corrected chi connectivity index (χ1v) is 15.5. The van der Waals surface area contributed by atoms with Gasteiger partial charge in [-0.3, -0.25) is 9.59 Å². The van der Waals surface area contributed by atoms with Crippen LogP contribution in [0.3, 0.4) is 0 Å². The van der Waals surface area contributed by atoms with Crippen molar-refractivity contribution in [2.75, 3.05) is 55.3 Å². The molecule has 42 heavy (non-hydrogen) atoms. The maximum absolute atomic E-state index is 13.1. The molecular weight excluding hydrogens is 580 g/mol. The molecule has 1 saturated heterocycles. The van der Waals surface area contributed by atoms with Crippen molar-refractivity contribution in [3.05, 3.63) is 64.8 Å². The minimum atomic E-state index is -3.89. The standard InChI is InChI=1S/C28H33ClN8O4S/c1-35-11-13-36(14-12-35)26(39)18-37-23-10-9-21(15-19(23)6-4-8-25(37)38)33-28-32-17-22(29)27(34-28)31-16-20-5-2-3-7-24(20)42(30,40)41/h2-3,5,7,9-10,15,17H,4,6,8,11-14,16,18H2,1H3,(H2,30,40,41)(H2,31,32,33,34). The number of nitrogens with one attached hydrogen (secondary N) is 2. The highest BCUT2D eigenvalue weighted by molar-refractivity contribution is 7.89. The molecule has 222 valence electrons. The summed E-state index contributed by atoms with van der Waals surface area (Å²) in [4.78, 5) is 40.4. The van der Waals surface area contributed by atoms with Crippen molar-refractivity contribution in [1.29, 1.82) is 0 Å². The lowest BCUT2D eigenvalue weighted by Gasteiger charge is -2.34. The van der Waals surface area contributed by atoms with Crippen LogP contribution in [0.2, 0.25) is 5.02 Å². The first-order valence-electron chi connectivity index (χ1n) is 13.6. The highest BCUT2D eigenvalue weighted by atomic mass is 35.5. The zero-order valence-corrected chi connectivity index (χ0v) is 24.8. The molecule has 5 rings (SSSR count). The molecule has 0 unspecified atom stereocenters. The molecule has 0 radical (unpaired) electrons. The first-order chi connectivity index (χ1) is 20.1. The van der Waals surface area contributed by atoms with Crippen molar-refractivity contribution in [2.24, 2.45) is 5.14 Å². The summed E-state index contributed by atoms with van der Waals surface area (Å²) in [7, 11) is -1.86. The van der Waals surface area contributed by atoms with Crippen molar-refractivity contribution in [3.8, 4) is 0 Å². The van der Waals surface area contributed by atoms with E-state index in [0.29, 0.717) is 49.4 Å². The number of primary sulfonamides is 1. The molecule has 0 aliphatic carbocycles. The minimum Gasteiger partial charge on any atom is -0.365 e. The number of aryl methyl sites for hydroxylation is 1. The van der Waals surface area contributed by atoms with Crippen LogP contribution in [0.15, 0.2) is 53.6 Å². The quantitative estimate of drug-likeness (QED) is 0.348. The third-order valence-corrected chi connectivity index (χ3v) is 8.67. The van der Waals surface area contributed by atoms with E-state index >= 15 is 0 Å². The first kappa shape index (κ1) is 29.7. The average Bonchev–Trinajstić information content (AvgIpc) is 3.11. The van der Waals surface area contributed by atoms with Gasteiger partial charge in [0.05, 0.1) is 11.1 Å². The van der Waals surface area contributed by atoms with E-state index < -0.39 is 10.0 Å². The molecule has 4 N–H and O–H groups in total. The van der Waals surface area contributed by atoms with Gasteiger partial charge in [-0.25, -0.2) is 18.5 Å². The summed E-state index contributed by atoms with van der Waals surface area (Å²) in [5.74, 6) is 0.478. The van der Waals surface area contributed by atoms with Crippen LogP contribution in [-0.2, 0) is 32.6 Å². The maximum atomic E-state index is 13.1. The van der Waals surface area contributed by atoms with Gasteiger partial charge in [0, 0.05) is 50.5 Å². The number of halogens is 1. The fourth-order valence-electron chi connectivity index (χ4n) is 5.08. The molecule has 1 aromatic heterocycles. The SMILES string of the molecule is CN1CCN(C(=O)CN2C(=O)CCCc3cc(Nc4ncc(Cl)c(NCc5ccccc5S(N)(=O)=O)n4)ccc32)CC1. The van der Waals surface area contributed by atoms with Gasteiger partial charge in [0.1, 0.15) is 11.6 Å². The van der Waals surface area contributed by atoms with Crippen LogP contribution in [0.1, 0.15) is 24.0 Å². The lowest BCUT2D eigenvalue weighted by atomic mass is 10.1. The van der Waals surface area contributed by atoms with Crippen LogP contribution < -0.4 is 20.7 Å². The Bertz CT molecular complexity index is 1590. The number of nitrogens with two attached hydrogens (primary N) is 1. The Labute approximate surface area is 249 Å². The molecule has 2 aromatic carbocycles. The van der Waals surface area contributed by atoms with Gasteiger partial charge in [0.2, 0.25) is 27.8 Å². The van der Waals surface area contributed by atoms with Crippen molar-refractivity contribution < 1.29 is 18.0 Å². The second-order valence-corrected chi connectivity index (χ2v) is 12.3. The van der Waals surface area contributed by atoms with Crippen LogP contribution in [0.5, 0.6) is 0 Å². The van der Waals surface area contributed by atoms with Gasteiger partial charge in [0.15, 0.2) is 5.82 Å². The van der Waals surface area contributed by atoms with Gasteiger partial charge in [-0.05, 0) is 55.3 Å². The fourth-order valence-corrected chi connectivity index (χ4v) is 6.01. The Morgan fingerprint density at radius 1 is 1.10 bits per heavy atom. The number of amides is 2. The van der Waals surface area contributed by atoms with E-state index in [1.54, 1.807) is 23.1 Å². The largest absolute Gasteiger partial charge is 0.365 e. The van der Waals surface area contributed by atoms with Crippen LogP contribution >= 0.6 is 11.6 Å². The van der Waals surface area contributed by atoms with Gasteiger partial charge in [-0.2, -0.15) is 4.98 Å². The van der Waals surface area contributed by atoms with Crippen LogP contribution in [0, 0.1) is 0 Å². The second-order valence-electron chi connectivity index (χ2n) is 10.4. The van der Waals surface area contributed by atoms with Gasteiger partial charge in [-0.15, -0.1) is 0 Å². The molecule has 3 heterocycles. The predicted molar refractivity (Wildman–Crippen MR) is 161 cm³/mol. The number of piperazine rings is 1. The number of likely N-dealkylation sites (N-methyl/N-ethyl adjacent to an activating group) is 1. The Kier molecular flexibility index (Phi) is 8.92. The number of nitrogens with zero attached hydrogens (tertiary/aromatic N) is 5. The van der Waals surface area contributed by atoms with Crippen LogP contribution in [0.4, 0.5) is 23.1 Å². The Morgan fingerprint density at radius 2 is 1.86 bits per heavy atom. The third-order valence-electron chi connectivity index (χ3n) is 7.38. The van der Waals surface area contributed by atoms with Crippen molar-refractivity contribution >= 4 is 56.6 Å². The zero-order valence-electron chi connectivity index (χ0n) is 23.2. The van der Waals surface area contributed by atoms with E-state index in [2.05, 4.69) is 25.5 Å². The molecule has 12 nitrogen and oxygen atoms in total. The number of hydrogen-bond donors (Lipinski definition) is 3. The molecule has 1 fully saturated rings. The summed E-state index contributed by atoms with van der Waals surface area (Å²) in [6.45, 7) is 3.09. The third kappa shape index (κ3) is 6.98. The fraction of sp³-hybridized carbons (Fsp3) is 0.357. The Hall–Kier alpha value is -3.78. The van der Waals surface area contributed by atoms with Gasteiger partial charge in [-0.1, -0.05) is 29.8 Å². The normalized spacial score (nSPS) is 16.1. The lowest BCUT2D eigenvalue weighted by molar-refractivity contribution is -0.132. The summed E-state index contributed by atoms with van der Waals surface area (Å²) in [5, 5.41) is 11.8. The summed E-state index contributed by atoms with van der Waals surface area (Å²) >= 11 is 6.31. The van der Waals surface area contributed by atoms with Gasteiger partial charge in [0.25, 0.3) is 0 Å². The number of hydrogen-bond acceptors (Lipinski definition) is 9. The molecular formula is C28H33ClN8O4S. The summed E-state index contributed by atoms with van der Waals surface area (Å²) in [6, 6.07) is 12.0. The van der Waals surface area contributed by atoms with E-state index in [-0.39, 0.29) is 40.8 Å². The number of anilines is 4. The number of carbonyl (C=O) groups is 2. The van der Waals surface area contributed by atoms with Gasteiger partial charge >= 0.3 is 0 Å². The lowest BCUT2D eigenvalue weighted by Crippen LogP contribution is -2.50. The zero-order chi connectivity index (χ0) is 29.9. The Morgan fingerprint density at radius 3 is 2.62 bits per heavy atom. The van der Waals surface area contributed by atoms with Crippen molar-refractivity contribution in [1.82, 2.24) is 19.8 Å². The molecule has 2 aliphatic heterocycles. The summed E-state index contributed by atoms with van der Waals surface area (Å²) in [5.41, 5.74) is 2.86. The highest BCUT2D eigenvalue weighted by Gasteiger charge is 2.28. The van der Waals surface area contributed by atoms with Crippen molar-refractivity contribution in [2.45, 2.75) is 30.7 Å². The smallest absolute Gasteiger partial charge is 0.242 e. The van der Waals surface area contributed by atoms with Crippen LogP contribution in [-0.4, -0.2) is 79.8 Å². The topological polar surface area (TPSA) is 154 Å². The molecule has 0 atom stereocenters. The van der Waals surface area contributed by atoms with E-state index in [1.807, 2.05) is 30.1 Å². The minimum absolute atomic E-state index is 0.0174. The number of aromatic nitrogens is 2. The molecule has 2 amide bonds. The van der Waals surface area contributed by atoms with E-state index in [9.17, 15) is 18.0 Å². The molecule has 14 heteroatoms. The molecule has 0 spiro atoms.